The summed E-state index contributed by atoms with van der Waals surface area (Å²) in [6, 6.07) is 10.8. The van der Waals surface area contributed by atoms with E-state index >= 15 is 8.78 Å². The largest absolute Gasteiger partial charge is 0.477 e. The smallest absolute Gasteiger partial charge is 0.258 e. The standard InChI is InChI=1S/C44H51F2N9O6/c1-24-6-5-15-61-43(48-3)30(21-47)35-19-28(16-25(2)49-35)41(58)53-44-51-33-9-7-27(20-36(33)55(44)22-24)40(57)50-34-12-14-54(23-37(34)60-4)13-11-26-17-31(45)39(32(46)18-26)29-8-10-38(56)52-42(29)59/h7,9,16-21,24,29,34,37H,5-6,8,10-15,22-23,47H2,1-4H3,(H,50,57)(H,51,53,58)(H,52,56,59)/t24-,29-,34-,37-/m1/s1. The molecule has 0 aliphatic carbocycles. The number of methoxy groups -OCH3 is 1. The molecule has 4 amide bonds. The fourth-order valence-electron chi connectivity index (χ4n) is 8.40. The first-order valence-corrected chi connectivity index (χ1v) is 20.6. The quantitative estimate of drug-likeness (QED) is 0.191. The fourth-order valence-corrected chi connectivity index (χ4v) is 8.40. The SMILES string of the molecule is CN=C1OCCC[C@@H](C)Cn2c(nc3ccc(C(=O)N[C@@H]4CCN(CCc5cc(F)c([C@H]6CCC(=O)NC6=O)c(F)c5)C[C@H]4OC)cc32)NC(=O)c2cc(C)nc(c2)C1=CN. The second kappa shape index (κ2) is 18.7. The summed E-state index contributed by atoms with van der Waals surface area (Å²) >= 11 is 0. The number of imidazole rings is 1. The van der Waals surface area contributed by atoms with Gasteiger partial charge in [0.15, 0.2) is 0 Å². The van der Waals surface area contributed by atoms with Crippen molar-refractivity contribution in [3.05, 3.63) is 93.9 Å². The Morgan fingerprint density at radius 3 is 2.57 bits per heavy atom. The molecule has 322 valence electrons. The molecule has 4 aromatic rings. The zero-order valence-electron chi connectivity index (χ0n) is 34.7. The molecule has 2 saturated heterocycles. The highest BCUT2D eigenvalue weighted by molar-refractivity contribution is 6.19. The average Bonchev–Trinajstić information content (AvgIpc) is 3.56. The number of likely N-dealkylation sites (tertiary alicyclic amines) is 1. The molecule has 2 aromatic heterocycles. The van der Waals surface area contributed by atoms with Gasteiger partial charge in [0, 0.05) is 75.3 Å². The van der Waals surface area contributed by atoms with E-state index in [0.29, 0.717) is 102 Å². The first kappa shape index (κ1) is 43.0. The predicted molar refractivity (Wildman–Crippen MR) is 225 cm³/mol. The average molecular weight is 840 g/mol. The summed E-state index contributed by atoms with van der Waals surface area (Å²) in [5, 5.41) is 8.31. The van der Waals surface area contributed by atoms with Crippen LogP contribution in [0.4, 0.5) is 14.7 Å². The van der Waals surface area contributed by atoms with Crippen LogP contribution in [-0.4, -0.2) is 102 Å². The lowest BCUT2D eigenvalue weighted by Gasteiger charge is -2.38. The third kappa shape index (κ3) is 9.62. The number of halogens is 2. The lowest BCUT2D eigenvalue weighted by atomic mass is 9.89. The Hall–Kier alpha value is -6.07. The normalized spacial score (nSPS) is 23.1. The Morgan fingerprint density at radius 1 is 1.07 bits per heavy atom. The molecule has 3 aliphatic rings. The van der Waals surface area contributed by atoms with Crippen LogP contribution < -0.4 is 21.7 Å². The second-order valence-electron chi connectivity index (χ2n) is 16.0. The van der Waals surface area contributed by atoms with Gasteiger partial charge in [-0.2, -0.15) is 0 Å². The van der Waals surface area contributed by atoms with E-state index in [-0.39, 0.29) is 42.4 Å². The van der Waals surface area contributed by atoms with Crippen molar-refractivity contribution in [1.82, 2.24) is 30.1 Å². The van der Waals surface area contributed by atoms with Gasteiger partial charge in [-0.1, -0.05) is 6.92 Å². The summed E-state index contributed by atoms with van der Waals surface area (Å²) in [5.74, 6) is -3.68. The molecular formula is C44H51F2N9O6. The minimum Gasteiger partial charge on any atom is -0.477 e. The van der Waals surface area contributed by atoms with Crippen molar-refractivity contribution >= 4 is 52.1 Å². The minimum absolute atomic E-state index is 0.0220. The van der Waals surface area contributed by atoms with Gasteiger partial charge in [0.25, 0.3) is 11.8 Å². The number of fused-ring (bicyclic) bond motifs is 5. The van der Waals surface area contributed by atoms with Crippen LogP contribution in [0.15, 0.2) is 53.7 Å². The molecular weight excluding hydrogens is 789 g/mol. The number of rotatable bonds is 7. The number of nitrogens with zero attached hydrogens (tertiary/aromatic N) is 5. The number of carbonyl (C=O) groups excluding carboxylic acids is 4. The van der Waals surface area contributed by atoms with Crippen molar-refractivity contribution in [3.8, 4) is 0 Å². The highest BCUT2D eigenvalue weighted by atomic mass is 19.1. The van der Waals surface area contributed by atoms with E-state index in [9.17, 15) is 19.2 Å². The maximum atomic E-state index is 15.2. The van der Waals surface area contributed by atoms with Gasteiger partial charge in [0.1, 0.15) is 11.6 Å². The third-order valence-corrected chi connectivity index (χ3v) is 11.6. The maximum absolute atomic E-state index is 15.2. The van der Waals surface area contributed by atoms with Crippen molar-refractivity contribution in [2.75, 3.05) is 45.7 Å². The first-order valence-electron chi connectivity index (χ1n) is 20.6. The summed E-state index contributed by atoms with van der Waals surface area (Å²) in [4.78, 5) is 67.3. The Labute approximate surface area is 352 Å². The molecule has 5 heterocycles. The van der Waals surface area contributed by atoms with Crippen molar-refractivity contribution in [3.63, 3.8) is 0 Å². The zero-order chi connectivity index (χ0) is 43.4. The molecule has 7 rings (SSSR count). The lowest BCUT2D eigenvalue weighted by molar-refractivity contribution is -0.134. The number of carbonyl (C=O) groups is 4. The predicted octanol–water partition coefficient (Wildman–Crippen LogP) is 4.63. The van der Waals surface area contributed by atoms with Gasteiger partial charge in [-0.3, -0.25) is 39.8 Å². The molecule has 15 nitrogen and oxygen atoms in total. The van der Waals surface area contributed by atoms with Gasteiger partial charge in [-0.25, -0.2) is 13.8 Å². The minimum atomic E-state index is -1.05. The Bertz CT molecular complexity index is 2390. The fraction of sp³-hybridized carbons (Fsp3) is 0.432. The highest BCUT2D eigenvalue weighted by Crippen LogP contribution is 2.31. The number of hydrogen-bond donors (Lipinski definition) is 4. The summed E-state index contributed by atoms with van der Waals surface area (Å²) < 4.78 is 44.1. The van der Waals surface area contributed by atoms with Gasteiger partial charge in [-0.15, -0.1) is 0 Å². The van der Waals surface area contributed by atoms with Gasteiger partial charge >= 0.3 is 0 Å². The maximum Gasteiger partial charge on any atom is 0.258 e. The van der Waals surface area contributed by atoms with E-state index in [0.717, 1.165) is 12.8 Å². The van der Waals surface area contributed by atoms with Crippen molar-refractivity contribution in [2.45, 2.75) is 77.0 Å². The number of aryl methyl sites for hydroxylation is 1. The molecule has 5 N–H and O–H groups in total. The van der Waals surface area contributed by atoms with E-state index in [4.69, 9.17) is 20.2 Å². The van der Waals surface area contributed by atoms with Gasteiger partial charge in [0.05, 0.1) is 47.0 Å². The van der Waals surface area contributed by atoms with Crippen LogP contribution in [0.25, 0.3) is 16.6 Å². The van der Waals surface area contributed by atoms with Crippen molar-refractivity contribution in [2.24, 2.45) is 16.6 Å². The first-order chi connectivity index (χ1) is 29.3. The molecule has 0 unspecified atom stereocenters. The number of pyridine rings is 1. The Balaban J connectivity index is 1.04. The number of benzene rings is 2. The lowest BCUT2D eigenvalue weighted by Crippen LogP contribution is -2.55. The monoisotopic (exact) mass is 839 g/mol. The number of ether oxygens (including phenoxy) is 2. The number of imide groups is 1. The Kier molecular flexibility index (Phi) is 13.2. The molecule has 0 radical (unpaired) electrons. The van der Waals surface area contributed by atoms with E-state index < -0.39 is 35.3 Å². The molecule has 2 bridgehead atoms. The number of anilines is 1. The van der Waals surface area contributed by atoms with Crippen molar-refractivity contribution in [1.29, 1.82) is 0 Å². The molecule has 61 heavy (non-hydrogen) atoms. The summed E-state index contributed by atoms with van der Waals surface area (Å²) in [5.41, 5.74) is 9.73. The number of piperidine rings is 2. The van der Waals surface area contributed by atoms with Crippen LogP contribution in [0, 0.1) is 24.5 Å². The molecule has 2 fully saturated rings. The summed E-state index contributed by atoms with van der Waals surface area (Å²) in [6.45, 7) is 6.38. The van der Waals surface area contributed by atoms with E-state index in [1.165, 1.54) is 18.3 Å². The number of nitrogens with one attached hydrogen (secondary N) is 3. The highest BCUT2D eigenvalue weighted by Gasteiger charge is 2.34. The molecule has 0 saturated carbocycles. The number of aliphatic imine (C=N–C) groups is 1. The molecule has 0 spiro atoms. The van der Waals surface area contributed by atoms with Gasteiger partial charge in [0.2, 0.25) is 23.7 Å². The van der Waals surface area contributed by atoms with E-state index in [1.807, 2.05) is 4.57 Å². The van der Waals surface area contributed by atoms with E-state index in [1.54, 1.807) is 51.4 Å². The molecule has 17 heteroatoms. The Morgan fingerprint density at radius 2 is 1.85 bits per heavy atom. The second-order valence-corrected chi connectivity index (χ2v) is 16.0. The summed E-state index contributed by atoms with van der Waals surface area (Å²) in [7, 11) is 3.20. The van der Waals surface area contributed by atoms with Crippen LogP contribution in [-0.2, 0) is 32.0 Å². The number of aromatic nitrogens is 3. The van der Waals surface area contributed by atoms with Crippen LogP contribution >= 0.6 is 0 Å². The van der Waals surface area contributed by atoms with Crippen LogP contribution in [0.5, 0.6) is 0 Å². The number of amides is 4. The van der Waals surface area contributed by atoms with Gasteiger partial charge in [-0.05, 0) is 93.0 Å². The number of nitrogens with two attached hydrogens (primary N) is 1. The molecule has 3 aliphatic heterocycles. The molecule has 4 atom stereocenters. The van der Waals surface area contributed by atoms with Crippen LogP contribution in [0.3, 0.4) is 0 Å². The number of hydrogen-bond acceptors (Lipinski definition) is 11. The molecule has 2 aromatic carbocycles. The van der Waals surface area contributed by atoms with Gasteiger partial charge < -0.3 is 30.0 Å². The summed E-state index contributed by atoms with van der Waals surface area (Å²) in [6.07, 6.45) is 3.54. The third-order valence-electron chi connectivity index (χ3n) is 11.6. The van der Waals surface area contributed by atoms with Crippen LogP contribution in [0.1, 0.15) is 88.2 Å². The topological polar surface area (TPSA) is 195 Å². The van der Waals surface area contributed by atoms with Crippen LogP contribution in [0.2, 0.25) is 0 Å². The van der Waals surface area contributed by atoms with Crippen molar-refractivity contribution < 1.29 is 37.4 Å². The van der Waals surface area contributed by atoms with E-state index in [2.05, 4.69) is 37.8 Å². The zero-order valence-corrected chi connectivity index (χ0v) is 34.7.